The summed E-state index contributed by atoms with van der Waals surface area (Å²) in [5, 5.41) is 19.0. The summed E-state index contributed by atoms with van der Waals surface area (Å²) in [5.41, 5.74) is -1.46. The molecule has 1 heterocycles. The van der Waals surface area contributed by atoms with Gasteiger partial charge in [-0.2, -0.15) is 0 Å². The molecule has 0 fully saturated rings. The molecule has 3 N–H and O–H groups in total. The fourth-order valence-corrected chi connectivity index (χ4v) is 3.14. The lowest BCUT2D eigenvalue weighted by Gasteiger charge is -2.14. The van der Waals surface area contributed by atoms with Crippen LogP contribution < -0.4 is 10.2 Å². The molecule has 0 radical (unpaired) electrons. The van der Waals surface area contributed by atoms with Gasteiger partial charge in [-0.3, -0.25) is 4.79 Å². The van der Waals surface area contributed by atoms with Gasteiger partial charge >= 0.3 is 5.97 Å². The van der Waals surface area contributed by atoms with Crippen LogP contribution in [0, 0.1) is 0 Å². The van der Waals surface area contributed by atoms with E-state index in [0.29, 0.717) is 5.02 Å². The molecular formula is C14H13ClN2O6S. The lowest BCUT2D eigenvalue weighted by molar-refractivity contribution is 0.0681. The topological polar surface area (TPSA) is 126 Å². The number of pyridine rings is 1. The fraction of sp³-hybridized carbons (Fsp3) is 0.143. The van der Waals surface area contributed by atoms with Gasteiger partial charge in [0.25, 0.3) is 0 Å². The van der Waals surface area contributed by atoms with Crippen LogP contribution in [0.1, 0.15) is 16.2 Å². The molecular weight excluding hydrogens is 360 g/mol. The summed E-state index contributed by atoms with van der Waals surface area (Å²) in [6.45, 7) is -0.336. The maximum Gasteiger partial charge on any atom is 0.356 e. The van der Waals surface area contributed by atoms with Crippen LogP contribution in [-0.2, 0) is 23.6 Å². The van der Waals surface area contributed by atoms with Crippen LogP contribution in [0.25, 0.3) is 0 Å². The Kier molecular flexibility index (Phi) is 4.97. The molecule has 0 aliphatic heterocycles. The third-order valence-corrected chi connectivity index (χ3v) is 4.96. The van der Waals surface area contributed by atoms with Crippen molar-refractivity contribution in [2.24, 2.45) is 7.05 Å². The Morgan fingerprint density at radius 3 is 2.42 bits per heavy atom. The van der Waals surface area contributed by atoms with E-state index in [4.69, 9.17) is 16.7 Å². The zero-order valence-electron chi connectivity index (χ0n) is 12.4. The molecule has 1 aromatic heterocycles. The highest BCUT2D eigenvalue weighted by molar-refractivity contribution is 7.89. The van der Waals surface area contributed by atoms with Gasteiger partial charge in [0.15, 0.2) is 11.4 Å². The second kappa shape index (κ2) is 6.63. The summed E-state index contributed by atoms with van der Waals surface area (Å²) in [4.78, 5) is 22.7. The Balaban J connectivity index is 2.34. The molecule has 0 saturated carbocycles. The monoisotopic (exact) mass is 372 g/mol. The number of aromatic hydroxyl groups is 1. The molecule has 0 saturated heterocycles. The Morgan fingerprint density at radius 1 is 1.29 bits per heavy atom. The molecule has 24 heavy (non-hydrogen) atoms. The van der Waals surface area contributed by atoms with Gasteiger partial charge in [0.05, 0.1) is 11.4 Å². The van der Waals surface area contributed by atoms with Crippen molar-refractivity contribution in [3.63, 3.8) is 0 Å². The van der Waals surface area contributed by atoms with Crippen molar-refractivity contribution >= 4 is 27.6 Å². The van der Waals surface area contributed by atoms with Crippen molar-refractivity contribution in [3.05, 3.63) is 57.0 Å². The fourth-order valence-electron chi connectivity index (χ4n) is 2.02. The molecule has 0 aliphatic rings. The third kappa shape index (κ3) is 3.58. The number of aromatic nitrogens is 1. The number of sulfonamides is 1. The zero-order chi connectivity index (χ0) is 18.1. The highest BCUT2D eigenvalue weighted by atomic mass is 35.5. The Labute approximate surface area is 142 Å². The standard InChI is InChI=1S/C14H13ClN2O6S/c1-17-9(6-11(18)13(19)12(17)14(20)21)7-16-24(22,23)10-4-2-8(15)3-5-10/h2-6,16,19H,7H2,1H3,(H,20,21). The number of hydrogen-bond acceptors (Lipinski definition) is 5. The minimum Gasteiger partial charge on any atom is -0.502 e. The van der Waals surface area contributed by atoms with Crippen molar-refractivity contribution in [2.75, 3.05) is 0 Å². The van der Waals surface area contributed by atoms with Crippen LogP contribution in [0.3, 0.4) is 0 Å². The van der Waals surface area contributed by atoms with Crippen LogP contribution in [0.5, 0.6) is 5.75 Å². The van der Waals surface area contributed by atoms with Crippen LogP contribution in [0.2, 0.25) is 5.02 Å². The summed E-state index contributed by atoms with van der Waals surface area (Å²) in [7, 11) is -2.58. The summed E-state index contributed by atoms with van der Waals surface area (Å²) in [5.74, 6) is -2.41. The summed E-state index contributed by atoms with van der Waals surface area (Å²) < 4.78 is 27.7. The SMILES string of the molecule is Cn1c(CNS(=O)(=O)c2ccc(Cl)cc2)cc(=O)c(O)c1C(=O)O. The van der Waals surface area contributed by atoms with E-state index in [0.717, 1.165) is 10.6 Å². The van der Waals surface area contributed by atoms with Crippen LogP contribution in [-0.4, -0.2) is 29.2 Å². The van der Waals surface area contributed by atoms with Crippen LogP contribution in [0.4, 0.5) is 0 Å². The predicted molar refractivity (Wildman–Crippen MR) is 85.8 cm³/mol. The third-order valence-electron chi connectivity index (χ3n) is 3.29. The van der Waals surface area contributed by atoms with Gasteiger partial charge in [-0.05, 0) is 24.3 Å². The first-order valence-corrected chi connectivity index (χ1v) is 8.40. The average Bonchev–Trinajstić information content (AvgIpc) is 2.50. The number of carbonyl (C=O) groups is 1. The van der Waals surface area contributed by atoms with Crippen molar-refractivity contribution in [2.45, 2.75) is 11.4 Å². The second-order valence-electron chi connectivity index (χ2n) is 4.84. The van der Waals surface area contributed by atoms with Crippen LogP contribution >= 0.6 is 11.6 Å². The molecule has 0 amide bonds. The first kappa shape index (κ1) is 18.0. The summed E-state index contributed by atoms with van der Waals surface area (Å²) >= 11 is 5.70. The minimum atomic E-state index is -3.88. The molecule has 128 valence electrons. The van der Waals surface area contributed by atoms with Gasteiger partial charge < -0.3 is 14.8 Å². The van der Waals surface area contributed by atoms with E-state index in [2.05, 4.69) is 4.72 Å². The van der Waals surface area contributed by atoms with E-state index < -0.39 is 32.9 Å². The number of carboxylic acid groups (broad SMARTS) is 1. The minimum absolute atomic E-state index is 0.0332. The molecule has 2 aromatic rings. The summed E-state index contributed by atoms with van der Waals surface area (Å²) in [6, 6.07) is 6.41. The van der Waals surface area contributed by atoms with E-state index in [1.165, 1.54) is 31.3 Å². The van der Waals surface area contributed by atoms with E-state index in [1.54, 1.807) is 0 Å². The zero-order valence-corrected chi connectivity index (χ0v) is 13.9. The highest BCUT2D eigenvalue weighted by Gasteiger charge is 2.20. The van der Waals surface area contributed by atoms with Gasteiger partial charge in [0.1, 0.15) is 0 Å². The van der Waals surface area contributed by atoms with Crippen LogP contribution in [0.15, 0.2) is 40.0 Å². The maximum atomic E-state index is 12.2. The van der Waals surface area contributed by atoms with Gasteiger partial charge in [0, 0.05) is 23.8 Å². The average molecular weight is 373 g/mol. The van der Waals surface area contributed by atoms with E-state index in [-0.39, 0.29) is 17.1 Å². The van der Waals surface area contributed by atoms with Gasteiger partial charge in [0.2, 0.25) is 15.5 Å². The molecule has 0 aliphatic carbocycles. The number of carboxylic acids is 1. The molecule has 0 unspecified atom stereocenters. The molecule has 0 spiro atoms. The molecule has 10 heteroatoms. The molecule has 0 atom stereocenters. The molecule has 0 bridgehead atoms. The van der Waals surface area contributed by atoms with Crippen molar-refractivity contribution < 1.29 is 23.4 Å². The summed E-state index contributed by atoms with van der Waals surface area (Å²) in [6.07, 6.45) is 0. The molecule has 8 nitrogen and oxygen atoms in total. The number of nitrogens with zero attached hydrogens (tertiary/aromatic N) is 1. The number of hydrogen-bond donors (Lipinski definition) is 3. The lowest BCUT2D eigenvalue weighted by atomic mass is 10.2. The molecule has 1 aromatic carbocycles. The van der Waals surface area contributed by atoms with Gasteiger partial charge in [-0.25, -0.2) is 17.9 Å². The first-order chi connectivity index (χ1) is 11.1. The quantitative estimate of drug-likeness (QED) is 0.716. The number of nitrogens with one attached hydrogen (secondary N) is 1. The van der Waals surface area contributed by atoms with E-state index in [9.17, 15) is 23.1 Å². The number of halogens is 1. The lowest BCUT2D eigenvalue weighted by Crippen LogP contribution is -2.27. The largest absolute Gasteiger partial charge is 0.502 e. The maximum absolute atomic E-state index is 12.2. The van der Waals surface area contributed by atoms with Gasteiger partial charge in [-0.1, -0.05) is 11.6 Å². The van der Waals surface area contributed by atoms with Gasteiger partial charge in [-0.15, -0.1) is 0 Å². The number of rotatable bonds is 5. The Bertz CT molecular complexity index is 950. The second-order valence-corrected chi connectivity index (χ2v) is 7.04. The number of aromatic carboxylic acids is 1. The van der Waals surface area contributed by atoms with Crippen molar-refractivity contribution in [1.29, 1.82) is 0 Å². The predicted octanol–water partition coefficient (Wildman–Crippen LogP) is 0.921. The van der Waals surface area contributed by atoms with E-state index in [1.807, 2.05) is 0 Å². The van der Waals surface area contributed by atoms with E-state index >= 15 is 0 Å². The highest BCUT2D eigenvalue weighted by Crippen LogP contribution is 2.16. The smallest absolute Gasteiger partial charge is 0.356 e. The molecule has 2 rings (SSSR count). The van der Waals surface area contributed by atoms with Crippen molar-refractivity contribution in [3.8, 4) is 5.75 Å². The first-order valence-electron chi connectivity index (χ1n) is 6.54. The Hall–Kier alpha value is -2.36. The normalized spacial score (nSPS) is 11.4. The Morgan fingerprint density at radius 2 is 1.88 bits per heavy atom. The number of benzene rings is 1. The van der Waals surface area contributed by atoms with Crippen molar-refractivity contribution in [1.82, 2.24) is 9.29 Å².